The number of hydrogen-bond donors (Lipinski definition) is 0. The van der Waals surface area contributed by atoms with Crippen LogP contribution in [0.3, 0.4) is 0 Å². The van der Waals surface area contributed by atoms with Gasteiger partial charge in [-0.1, -0.05) is 76.6 Å². The Labute approximate surface area is 157 Å². The topological polar surface area (TPSA) is 18.5 Å². The maximum atomic E-state index is 6.13. The fourth-order valence-corrected chi connectivity index (χ4v) is 3.08. The van der Waals surface area contributed by atoms with E-state index in [9.17, 15) is 0 Å². The third kappa shape index (κ3) is 4.43. The third-order valence-electron chi connectivity index (χ3n) is 4.21. The van der Waals surface area contributed by atoms with Crippen molar-refractivity contribution in [2.75, 3.05) is 0 Å². The highest BCUT2D eigenvalue weighted by Gasteiger charge is 2.15. The van der Waals surface area contributed by atoms with Gasteiger partial charge in [-0.15, -0.1) is 0 Å². The van der Waals surface area contributed by atoms with E-state index in [1.54, 1.807) is 0 Å². The van der Waals surface area contributed by atoms with Gasteiger partial charge in [0.05, 0.1) is 0 Å². The first-order chi connectivity index (χ1) is 12.1. The van der Waals surface area contributed by atoms with Crippen LogP contribution < -0.4 is 9.47 Å². The van der Waals surface area contributed by atoms with E-state index >= 15 is 0 Å². The van der Waals surface area contributed by atoms with E-state index in [1.807, 2.05) is 42.5 Å². The second-order valence-corrected chi connectivity index (χ2v) is 6.84. The highest BCUT2D eigenvalue weighted by Crippen LogP contribution is 2.38. The molecule has 0 heterocycles. The Morgan fingerprint density at radius 1 is 0.720 bits per heavy atom. The van der Waals surface area contributed by atoms with Crippen molar-refractivity contribution in [1.29, 1.82) is 0 Å². The summed E-state index contributed by atoms with van der Waals surface area (Å²) in [5.74, 6) is 1.57. The Kier molecular flexibility index (Phi) is 5.77. The summed E-state index contributed by atoms with van der Waals surface area (Å²) >= 11 is 3.62. The van der Waals surface area contributed by atoms with Crippen LogP contribution in [0, 0.1) is 13.8 Å². The minimum Gasteiger partial charge on any atom is -0.485 e. The Bertz CT molecular complexity index is 830. The Balaban J connectivity index is 1.83. The molecular weight excluding hydrogens is 376 g/mol. The van der Waals surface area contributed by atoms with Crippen molar-refractivity contribution < 1.29 is 9.47 Å². The maximum absolute atomic E-state index is 6.13. The van der Waals surface area contributed by atoms with Gasteiger partial charge in [0, 0.05) is 4.47 Å². The first kappa shape index (κ1) is 17.6. The lowest BCUT2D eigenvalue weighted by Gasteiger charge is -2.18. The standard InChI is InChI=1S/C22H21BrO2/c1-16-17(2)22(25-15-19-11-7-4-8-12-19)21(13-20(16)23)24-14-18-9-5-3-6-10-18/h3-13H,14-15H2,1-2H3. The summed E-state index contributed by atoms with van der Waals surface area (Å²) in [6.45, 7) is 5.17. The molecule has 0 fully saturated rings. The molecule has 0 saturated heterocycles. The summed E-state index contributed by atoms with van der Waals surface area (Å²) in [4.78, 5) is 0. The first-order valence-electron chi connectivity index (χ1n) is 8.28. The van der Waals surface area contributed by atoms with Crippen LogP contribution in [0.2, 0.25) is 0 Å². The molecule has 0 saturated carbocycles. The molecule has 0 aliphatic rings. The molecule has 2 nitrogen and oxygen atoms in total. The molecule has 3 aromatic rings. The van der Waals surface area contributed by atoms with Gasteiger partial charge in [-0.3, -0.25) is 0 Å². The van der Waals surface area contributed by atoms with Gasteiger partial charge in [0.15, 0.2) is 11.5 Å². The van der Waals surface area contributed by atoms with Crippen LogP contribution in [0.5, 0.6) is 11.5 Å². The monoisotopic (exact) mass is 396 g/mol. The van der Waals surface area contributed by atoms with Crippen LogP contribution in [0.4, 0.5) is 0 Å². The molecule has 0 unspecified atom stereocenters. The van der Waals surface area contributed by atoms with E-state index in [4.69, 9.17) is 9.47 Å². The lowest BCUT2D eigenvalue weighted by atomic mass is 10.1. The van der Waals surface area contributed by atoms with Crippen LogP contribution in [0.25, 0.3) is 0 Å². The summed E-state index contributed by atoms with van der Waals surface area (Å²) in [6, 6.07) is 22.3. The average molecular weight is 397 g/mol. The highest BCUT2D eigenvalue weighted by atomic mass is 79.9. The quantitative estimate of drug-likeness (QED) is 0.491. The van der Waals surface area contributed by atoms with E-state index in [0.29, 0.717) is 13.2 Å². The predicted octanol–water partition coefficient (Wildman–Crippen LogP) is 6.22. The van der Waals surface area contributed by atoms with Crippen LogP contribution in [0.15, 0.2) is 71.2 Å². The molecule has 3 heteroatoms. The number of hydrogen-bond acceptors (Lipinski definition) is 2. The molecule has 3 rings (SSSR count). The molecule has 3 aromatic carbocycles. The second-order valence-electron chi connectivity index (χ2n) is 5.98. The van der Waals surface area contributed by atoms with Crippen LogP contribution in [-0.2, 0) is 13.2 Å². The molecule has 0 aliphatic heterocycles. The zero-order valence-corrected chi connectivity index (χ0v) is 16.0. The molecule has 0 aliphatic carbocycles. The molecule has 0 N–H and O–H groups in total. The smallest absolute Gasteiger partial charge is 0.164 e. The highest BCUT2D eigenvalue weighted by molar-refractivity contribution is 9.10. The van der Waals surface area contributed by atoms with Crippen LogP contribution >= 0.6 is 15.9 Å². The molecule has 0 radical (unpaired) electrons. The summed E-state index contributed by atoms with van der Waals surface area (Å²) < 4.78 is 13.2. The maximum Gasteiger partial charge on any atom is 0.164 e. The van der Waals surface area contributed by atoms with Crippen molar-refractivity contribution >= 4 is 15.9 Å². The number of rotatable bonds is 6. The van der Waals surface area contributed by atoms with Crippen molar-refractivity contribution in [3.8, 4) is 11.5 Å². The van der Waals surface area contributed by atoms with Crippen molar-refractivity contribution in [2.45, 2.75) is 27.1 Å². The molecule has 0 atom stereocenters. The lowest BCUT2D eigenvalue weighted by Crippen LogP contribution is -2.03. The molecule has 0 bridgehead atoms. The average Bonchev–Trinajstić information content (AvgIpc) is 2.65. The molecule has 128 valence electrons. The van der Waals surface area contributed by atoms with Crippen molar-refractivity contribution in [2.24, 2.45) is 0 Å². The van der Waals surface area contributed by atoms with Crippen LogP contribution in [-0.4, -0.2) is 0 Å². The van der Waals surface area contributed by atoms with Gasteiger partial charge < -0.3 is 9.47 Å². The molecular formula is C22H21BrO2. The zero-order valence-electron chi connectivity index (χ0n) is 14.5. The Hall–Kier alpha value is -2.26. The van der Waals surface area contributed by atoms with Gasteiger partial charge in [0.1, 0.15) is 13.2 Å². The first-order valence-corrected chi connectivity index (χ1v) is 9.07. The summed E-state index contributed by atoms with van der Waals surface area (Å²) in [5.41, 5.74) is 4.52. The summed E-state index contributed by atoms with van der Waals surface area (Å²) in [6.07, 6.45) is 0. The molecule has 0 amide bonds. The van der Waals surface area contributed by atoms with E-state index in [2.05, 4.69) is 54.0 Å². The zero-order chi connectivity index (χ0) is 17.6. The fourth-order valence-electron chi connectivity index (χ4n) is 2.57. The van der Waals surface area contributed by atoms with Crippen molar-refractivity contribution in [3.05, 3.63) is 93.5 Å². The second kappa shape index (κ2) is 8.21. The summed E-state index contributed by atoms with van der Waals surface area (Å²) in [5, 5.41) is 0. The molecule has 0 spiro atoms. The minimum absolute atomic E-state index is 0.511. The van der Waals surface area contributed by atoms with E-state index in [-0.39, 0.29) is 0 Å². The number of halogens is 1. The lowest BCUT2D eigenvalue weighted by molar-refractivity contribution is 0.254. The van der Waals surface area contributed by atoms with Crippen molar-refractivity contribution in [1.82, 2.24) is 0 Å². The third-order valence-corrected chi connectivity index (χ3v) is 5.03. The van der Waals surface area contributed by atoms with E-state index in [1.165, 1.54) is 0 Å². The van der Waals surface area contributed by atoms with Gasteiger partial charge in [0.2, 0.25) is 0 Å². The van der Waals surface area contributed by atoms with Gasteiger partial charge in [-0.2, -0.15) is 0 Å². The molecule has 25 heavy (non-hydrogen) atoms. The van der Waals surface area contributed by atoms with E-state index in [0.717, 1.165) is 38.2 Å². The number of benzene rings is 3. The van der Waals surface area contributed by atoms with E-state index < -0.39 is 0 Å². The Morgan fingerprint density at radius 3 is 1.80 bits per heavy atom. The fraction of sp³-hybridized carbons (Fsp3) is 0.182. The van der Waals surface area contributed by atoms with Crippen molar-refractivity contribution in [3.63, 3.8) is 0 Å². The van der Waals surface area contributed by atoms with Gasteiger partial charge in [0.25, 0.3) is 0 Å². The predicted molar refractivity (Wildman–Crippen MR) is 105 cm³/mol. The normalized spacial score (nSPS) is 10.5. The largest absolute Gasteiger partial charge is 0.485 e. The molecule has 0 aromatic heterocycles. The SMILES string of the molecule is Cc1c(Br)cc(OCc2ccccc2)c(OCc2ccccc2)c1C. The van der Waals surface area contributed by atoms with Crippen LogP contribution in [0.1, 0.15) is 22.3 Å². The van der Waals surface area contributed by atoms with Gasteiger partial charge in [-0.25, -0.2) is 0 Å². The van der Waals surface area contributed by atoms with Gasteiger partial charge in [-0.05, 0) is 42.2 Å². The van der Waals surface area contributed by atoms with Gasteiger partial charge >= 0.3 is 0 Å². The Morgan fingerprint density at radius 2 is 1.24 bits per heavy atom. The summed E-state index contributed by atoms with van der Waals surface area (Å²) in [7, 11) is 0. The number of ether oxygens (including phenoxy) is 2. The minimum atomic E-state index is 0.511.